The van der Waals surface area contributed by atoms with Crippen LogP contribution in [0.15, 0.2) is 115 Å². The van der Waals surface area contributed by atoms with Crippen molar-refractivity contribution in [2.24, 2.45) is 0 Å². The van der Waals surface area contributed by atoms with Gasteiger partial charge in [-0.3, -0.25) is 0 Å². The van der Waals surface area contributed by atoms with E-state index in [2.05, 4.69) is 11.8 Å². The Balaban J connectivity index is 2.14. The second kappa shape index (κ2) is 9.55. The molecule has 0 saturated heterocycles. The molecule has 0 heterocycles. The molecule has 0 aliphatic rings. The van der Waals surface area contributed by atoms with Gasteiger partial charge in [0.2, 0.25) is 0 Å². The molecule has 0 amide bonds. The molecule has 0 spiro atoms. The Morgan fingerprint density at radius 2 is 1.11 bits per heavy atom. The number of rotatable bonds is 5. The van der Waals surface area contributed by atoms with Crippen LogP contribution in [-0.4, -0.2) is 20.6 Å². The van der Waals surface area contributed by atoms with E-state index in [1.807, 2.05) is 18.2 Å². The zero-order valence-electron chi connectivity index (χ0n) is 19.2. The molecule has 0 N–H and O–H groups in total. The first-order chi connectivity index (χ1) is 17.1. The van der Waals surface area contributed by atoms with Crippen molar-refractivity contribution in [2.45, 2.75) is 5.51 Å². The van der Waals surface area contributed by atoms with Crippen LogP contribution in [0.3, 0.4) is 0 Å². The molecule has 0 atom stereocenters. The second-order valence-corrected chi connectivity index (χ2v) is 14.6. The Labute approximate surface area is 208 Å². The second-order valence-electron chi connectivity index (χ2n) is 8.24. The van der Waals surface area contributed by atoms with E-state index in [0.717, 1.165) is 0 Å². The fourth-order valence-electron chi connectivity index (χ4n) is 4.12. The van der Waals surface area contributed by atoms with Crippen LogP contribution in [0.2, 0.25) is 0 Å². The average molecular weight is 527 g/mol. The fourth-order valence-corrected chi connectivity index (χ4v) is 11.2. The average Bonchev–Trinajstić information content (AvgIpc) is 2.88. The van der Waals surface area contributed by atoms with Crippen LogP contribution in [0.4, 0.5) is 13.2 Å². The van der Waals surface area contributed by atoms with Gasteiger partial charge >= 0.3 is 209 Å². The quantitative estimate of drug-likeness (QED) is 0.201. The molecule has 0 saturated carbocycles. The zero-order valence-corrected chi connectivity index (χ0v) is 20.9. The van der Waals surface area contributed by atoms with Gasteiger partial charge in [-0.2, -0.15) is 0 Å². The van der Waals surface area contributed by atoms with Gasteiger partial charge in [0.05, 0.1) is 0 Å². The maximum absolute atomic E-state index is 13.8. The summed E-state index contributed by atoms with van der Waals surface area (Å²) in [6.07, 6.45) is 0. The predicted molar refractivity (Wildman–Crippen MR) is 140 cm³/mol. The molecular formula is C28H22F3O3PS. The summed E-state index contributed by atoms with van der Waals surface area (Å²) in [4.78, 5) is 0. The monoisotopic (exact) mass is 526 g/mol. The van der Waals surface area contributed by atoms with E-state index >= 15 is 0 Å². The van der Waals surface area contributed by atoms with E-state index in [-0.39, 0.29) is 5.30 Å². The Bertz CT molecular complexity index is 1490. The molecule has 8 heteroatoms. The first-order valence-electron chi connectivity index (χ1n) is 10.9. The SMILES string of the molecule is CP(OS(=O)(=O)C(F)(F)F)(c1ccccc1)(c1ccccc1)c1ccccc1C#Cc1ccccc1. The maximum atomic E-state index is 13.8. The van der Waals surface area contributed by atoms with Crippen LogP contribution < -0.4 is 15.9 Å². The molecule has 0 aliphatic carbocycles. The fraction of sp³-hybridized carbons (Fsp3) is 0.0714. The summed E-state index contributed by atoms with van der Waals surface area (Å²) in [6.45, 7) is -3.32. The molecule has 4 aromatic rings. The van der Waals surface area contributed by atoms with Crippen molar-refractivity contribution in [3.63, 3.8) is 0 Å². The van der Waals surface area contributed by atoms with Crippen molar-refractivity contribution in [3.05, 3.63) is 126 Å². The van der Waals surface area contributed by atoms with E-state index in [0.29, 0.717) is 21.7 Å². The van der Waals surface area contributed by atoms with Crippen LogP contribution in [0.1, 0.15) is 11.1 Å². The van der Waals surface area contributed by atoms with Gasteiger partial charge in [-0.05, 0) is 0 Å². The minimum absolute atomic E-state index is 0.275. The van der Waals surface area contributed by atoms with E-state index in [4.69, 9.17) is 3.97 Å². The van der Waals surface area contributed by atoms with Crippen LogP contribution in [-0.2, 0) is 14.1 Å². The summed E-state index contributed by atoms with van der Waals surface area (Å²) in [5, 5.41) is 0.908. The third-order valence-corrected chi connectivity index (χ3v) is 13.4. The predicted octanol–water partition coefficient (Wildman–Crippen LogP) is 5.33. The summed E-state index contributed by atoms with van der Waals surface area (Å²) in [5.74, 6) is 6.08. The third kappa shape index (κ3) is 4.56. The van der Waals surface area contributed by atoms with Crippen LogP contribution in [0.25, 0.3) is 0 Å². The Kier molecular flexibility index (Phi) is 6.81. The van der Waals surface area contributed by atoms with E-state index < -0.39 is 22.5 Å². The number of halogens is 3. The zero-order chi connectivity index (χ0) is 25.9. The summed E-state index contributed by atoms with van der Waals surface area (Å²) in [7, 11) is -6.03. The van der Waals surface area contributed by atoms with Crippen molar-refractivity contribution in [2.75, 3.05) is 6.66 Å². The molecule has 4 aromatic carbocycles. The molecule has 0 aromatic heterocycles. The minimum atomic E-state index is -6.03. The van der Waals surface area contributed by atoms with E-state index in [1.165, 1.54) is 6.66 Å². The van der Waals surface area contributed by atoms with Crippen LogP contribution in [0.5, 0.6) is 0 Å². The van der Waals surface area contributed by atoms with Crippen molar-refractivity contribution >= 4 is 32.9 Å². The summed E-state index contributed by atoms with van der Waals surface area (Å²) >= 11 is 0. The van der Waals surface area contributed by atoms with Crippen molar-refractivity contribution in [3.8, 4) is 11.8 Å². The normalized spacial score (nSPS) is 13.2. The third-order valence-electron chi connectivity index (χ3n) is 5.92. The molecule has 0 radical (unpaired) electrons. The van der Waals surface area contributed by atoms with Gasteiger partial charge in [-0.15, -0.1) is 0 Å². The topological polar surface area (TPSA) is 43.4 Å². The molecule has 36 heavy (non-hydrogen) atoms. The molecule has 0 bridgehead atoms. The molecule has 3 nitrogen and oxygen atoms in total. The Hall–Kier alpha value is -3.43. The molecular weight excluding hydrogens is 504 g/mol. The molecule has 184 valence electrons. The molecule has 0 aliphatic heterocycles. The van der Waals surface area contributed by atoms with Crippen LogP contribution >= 0.6 is 6.83 Å². The van der Waals surface area contributed by atoms with Gasteiger partial charge in [0.25, 0.3) is 0 Å². The van der Waals surface area contributed by atoms with Gasteiger partial charge in [-0.25, -0.2) is 0 Å². The molecule has 0 unspecified atom stereocenters. The summed E-state index contributed by atoms with van der Waals surface area (Å²) in [6, 6.07) is 32.1. The standard InChI is InChI=1S/C28H22F3O3PS/c1-35(25-16-7-3-8-17-25,26-18-9-4-10-19-26,34-36(32,33)28(29,30)31)27-20-12-11-15-24(27)22-21-23-13-5-2-6-14-23/h2-20H,1H3. The number of hydrogen-bond acceptors (Lipinski definition) is 3. The summed E-state index contributed by atoms with van der Waals surface area (Å²) < 4.78 is 72.5. The first kappa shape index (κ1) is 25.7. The van der Waals surface area contributed by atoms with Crippen molar-refractivity contribution in [1.82, 2.24) is 0 Å². The Morgan fingerprint density at radius 3 is 1.61 bits per heavy atom. The Morgan fingerprint density at radius 1 is 0.667 bits per heavy atom. The van der Waals surface area contributed by atoms with Gasteiger partial charge in [0.1, 0.15) is 0 Å². The van der Waals surface area contributed by atoms with E-state index in [1.54, 1.807) is 97.1 Å². The van der Waals surface area contributed by atoms with E-state index in [9.17, 15) is 21.6 Å². The van der Waals surface area contributed by atoms with Gasteiger partial charge in [0.15, 0.2) is 0 Å². The van der Waals surface area contributed by atoms with Crippen molar-refractivity contribution in [1.29, 1.82) is 0 Å². The van der Waals surface area contributed by atoms with Gasteiger partial charge < -0.3 is 0 Å². The van der Waals surface area contributed by atoms with Gasteiger partial charge in [0, 0.05) is 0 Å². The van der Waals surface area contributed by atoms with Crippen molar-refractivity contribution < 1.29 is 25.6 Å². The summed E-state index contributed by atoms with van der Waals surface area (Å²) in [5.41, 5.74) is -4.56. The number of alkyl halides is 3. The molecule has 4 rings (SSSR count). The number of hydrogen-bond donors (Lipinski definition) is 0. The number of benzene rings is 4. The van der Waals surface area contributed by atoms with Gasteiger partial charge in [-0.1, -0.05) is 0 Å². The molecule has 0 fully saturated rings. The first-order valence-corrected chi connectivity index (χ1v) is 14.9. The van der Waals surface area contributed by atoms with Crippen LogP contribution in [0, 0.1) is 11.8 Å².